The van der Waals surface area contributed by atoms with Crippen molar-refractivity contribution in [3.05, 3.63) is 39.4 Å². The van der Waals surface area contributed by atoms with Crippen LogP contribution in [0.4, 0.5) is 5.00 Å². The molecule has 1 amide bonds. The van der Waals surface area contributed by atoms with E-state index < -0.39 is 5.97 Å². The molecule has 1 aliphatic carbocycles. The molecule has 1 unspecified atom stereocenters. The first kappa shape index (κ1) is 26.2. The van der Waals surface area contributed by atoms with Crippen LogP contribution in [0.3, 0.4) is 0 Å². The average Bonchev–Trinajstić information content (AvgIpc) is 3.15. The van der Waals surface area contributed by atoms with Crippen molar-refractivity contribution in [3.8, 4) is 6.07 Å². The molecule has 0 aliphatic heterocycles. The lowest BCUT2D eigenvalue weighted by Gasteiger charge is -2.33. The zero-order valence-electron chi connectivity index (χ0n) is 20.6. The van der Waals surface area contributed by atoms with E-state index in [1.807, 2.05) is 6.07 Å². The summed E-state index contributed by atoms with van der Waals surface area (Å²) >= 11 is 2.92. The van der Waals surface area contributed by atoms with E-state index in [4.69, 9.17) is 4.74 Å². The topological polar surface area (TPSA) is 92.1 Å². The van der Waals surface area contributed by atoms with Gasteiger partial charge in [-0.2, -0.15) is 5.26 Å². The molecule has 182 valence electrons. The number of nitrogens with one attached hydrogen (secondary N) is 1. The monoisotopic (exact) mass is 499 g/mol. The van der Waals surface area contributed by atoms with Gasteiger partial charge in [-0.1, -0.05) is 34.1 Å². The number of esters is 1. The number of aromatic nitrogens is 1. The molecule has 0 aromatic carbocycles. The third kappa shape index (κ3) is 6.19. The van der Waals surface area contributed by atoms with E-state index >= 15 is 0 Å². The van der Waals surface area contributed by atoms with Crippen LogP contribution in [0.2, 0.25) is 0 Å². The van der Waals surface area contributed by atoms with Crippen molar-refractivity contribution in [2.75, 3.05) is 18.2 Å². The van der Waals surface area contributed by atoms with Gasteiger partial charge in [-0.3, -0.25) is 4.79 Å². The maximum Gasteiger partial charge on any atom is 0.341 e. The third-order valence-electron chi connectivity index (χ3n) is 6.24. The minimum absolute atomic E-state index is 0.160. The lowest BCUT2D eigenvalue weighted by Crippen LogP contribution is -2.26. The van der Waals surface area contributed by atoms with E-state index in [9.17, 15) is 14.9 Å². The van der Waals surface area contributed by atoms with Crippen molar-refractivity contribution >= 4 is 40.0 Å². The Morgan fingerprint density at radius 2 is 2.12 bits per heavy atom. The highest BCUT2D eigenvalue weighted by atomic mass is 32.2. The summed E-state index contributed by atoms with van der Waals surface area (Å²) in [5, 5.41) is 13.6. The number of carbonyl (C=O) groups excluding carboxylic acids is 2. The molecule has 0 spiro atoms. The second-order valence-corrected chi connectivity index (χ2v) is 11.9. The highest BCUT2D eigenvalue weighted by Crippen LogP contribution is 2.44. The van der Waals surface area contributed by atoms with Gasteiger partial charge >= 0.3 is 5.97 Å². The van der Waals surface area contributed by atoms with Gasteiger partial charge in [0.25, 0.3) is 0 Å². The average molecular weight is 500 g/mol. The Labute approximate surface area is 210 Å². The summed E-state index contributed by atoms with van der Waals surface area (Å²) in [5.74, 6) is 0.474. The third-order valence-corrected chi connectivity index (χ3v) is 8.41. The van der Waals surface area contributed by atoms with Crippen LogP contribution in [0.1, 0.15) is 79.0 Å². The summed E-state index contributed by atoms with van der Waals surface area (Å²) in [6.07, 6.45) is 4.84. The number of amides is 1. The molecule has 1 aliphatic rings. The summed E-state index contributed by atoms with van der Waals surface area (Å²) in [5.41, 5.74) is 3.21. The number of hydrogen-bond acceptors (Lipinski definition) is 7. The predicted molar refractivity (Wildman–Crippen MR) is 138 cm³/mol. The first-order valence-electron chi connectivity index (χ1n) is 11.7. The molecular weight excluding hydrogens is 466 g/mol. The van der Waals surface area contributed by atoms with Crippen LogP contribution in [0.25, 0.3) is 0 Å². The van der Waals surface area contributed by atoms with Crippen LogP contribution >= 0.6 is 23.1 Å². The molecule has 0 bridgehead atoms. The van der Waals surface area contributed by atoms with Gasteiger partial charge in [0.05, 0.1) is 18.2 Å². The molecule has 0 radical (unpaired) electrons. The maximum atomic E-state index is 12.8. The number of hydrogen-bond donors (Lipinski definition) is 1. The molecular formula is C26H33N3O3S2. The number of carbonyl (C=O) groups is 2. The maximum absolute atomic E-state index is 12.8. The van der Waals surface area contributed by atoms with E-state index in [1.54, 1.807) is 6.07 Å². The second kappa shape index (κ2) is 11.4. The van der Waals surface area contributed by atoms with Gasteiger partial charge in [0.15, 0.2) is 0 Å². The van der Waals surface area contributed by atoms with Crippen molar-refractivity contribution in [2.24, 2.45) is 11.3 Å². The van der Waals surface area contributed by atoms with E-state index in [1.165, 1.54) is 35.1 Å². The molecule has 0 fully saturated rings. The quantitative estimate of drug-likeness (QED) is 0.352. The zero-order chi connectivity index (χ0) is 24.9. The molecule has 2 aromatic heterocycles. The number of rotatable bonds is 8. The smallest absolute Gasteiger partial charge is 0.341 e. The molecule has 0 saturated carbocycles. The molecule has 1 atom stereocenters. The Bertz CT molecular complexity index is 1100. The predicted octanol–water partition coefficient (Wildman–Crippen LogP) is 6.03. The number of thiophene rings is 1. The van der Waals surface area contributed by atoms with E-state index in [-0.39, 0.29) is 17.7 Å². The fourth-order valence-corrected chi connectivity index (χ4v) is 6.49. The summed E-state index contributed by atoms with van der Waals surface area (Å²) in [7, 11) is 1.38. The number of pyridine rings is 1. The zero-order valence-corrected chi connectivity index (χ0v) is 22.3. The van der Waals surface area contributed by atoms with Crippen molar-refractivity contribution in [3.63, 3.8) is 0 Å². The number of nitrogens with zero attached hydrogens (tertiary/aromatic N) is 2. The SMILES string of the molecule is CCCc1ccc(C#N)c(SCCC(=O)Nc2sc3c(c2C(=O)OC)CCC(C(C)(C)C)C3)n1. The fourth-order valence-electron chi connectivity index (χ4n) is 4.23. The van der Waals surface area contributed by atoms with Gasteiger partial charge in [-0.25, -0.2) is 9.78 Å². The van der Waals surface area contributed by atoms with Crippen molar-refractivity contribution in [2.45, 2.75) is 71.2 Å². The van der Waals surface area contributed by atoms with Crippen molar-refractivity contribution in [1.29, 1.82) is 5.26 Å². The lowest BCUT2D eigenvalue weighted by atomic mass is 9.72. The van der Waals surface area contributed by atoms with Crippen LogP contribution < -0.4 is 5.32 Å². The molecule has 0 saturated heterocycles. The minimum atomic E-state index is -0.396. The van der Waals surface area contributed by atoms with E-state index in [2.05, 4.69) is 44.1 Å². The summed E-state index contributed by atoms with van der Waals surface area (Å²) < 4.78 is 5.05. The van der Waals surface area contributed by atoms with Gasteiger partial charge in [0.1, 0.15) is 16.1 Å². The van der Waals surface area contributed by atoms with E-state index in [0.29, 0.717) is 32.8 Å². The van der Waals surface area contributed by atoms with Crippen LogP contribution in [0.5, 0.6) is 0 Å². The molecule has 8 heteroatoms. The molecule has 1 N–H and O–H groups in total. The fraction of sp³-hybridized carbons (Fsp3) is 0.538. The summed E-state index contributed by atoms with van der Waals surface area (Å²) in [6, 6.07) is 5.86. The second-order valence-electron chi connectivity index (χ2n) is 9.67. The molecule has 2 aromatic rings. The van der Waals surface area contributed by atoms with Gasteiger partial charge in [-0.15, -0.1) is 23.1 Å². The van der Waals surface area contributed by atoms with E-state index in [0.717, 1.165) is 43.4 Å². The van der Waals surface area contributed by atoms with Gasteiger partial charge in [0, 0.05) is 22.7 Å². The standard InChI is InChI=1S/C26H33N3O3S2/c1-6-7-18-10-8-16(15-27)23(28-18)33-13-12-21(30)29-24-22(25(31)32-5)19-11-9-17(26(2,3)4)14-20(19)34-24/h8,10,17H,6-7,9,11-14H2,1-5H3,(H,29,30). The molecule has 6 nitrogen and oxygen atoms in total. The van der Waals surface area contributed by atoms with Crippen LogP contribution in [0.15, 0.2) is 17.2 Å². The largest absolute Gasteiger partial charge is 0.465 e. The van der Waals surface area contributed by atoms with Gasteiger partial charge in [-0.05, 0) is 54.7 Å². The normalized spacial score (nSPS) is 15.4. The molecule has 3 rings (SSSR count). The molecule has 34 heavy (non-hydrogen) atoms. The molecule has 2 heterocycles. The highest BCUT2D eigenvalue weighted by molar-refractivity contribution is 7.99. The lowest BCUT2D eigenvalue weighted by molar-refractivity contribution is -0.115. The number of methoxy groups -OCH3 is 1. The Balaban J connectivity index is 1.70. The Kier molecular flexibility index (Phi) is 8.78. The number of anilines is 1. The van der Waals surface area contributed by atoms with Gasteiger partial charge < -0.3 is 10.1 Å². The Morgan fingerprint density at radius 3 is 2.76 bits per heavy atom. The van der Waals surface area contributed by atoms with Crippen molar-refractivity contribution in [1.82, 2.24) is 4.98 Å². The Morgan fingerprint density at radius 1 is 1.35 bits per heavy atom. The number of aryl methyl sites for hydroxylation is 1. The van der Waals surface area contributed by atoms with Gasteiger partial charge in [0.2, 0.25) is 5.91 Å². The first-order chi connectivity index (χ1) is 16.2. The number of fused-ring (bicyclic) bond motifs is 1. The number of thioether (sulfide) groups is 1. The highest BCUT2D eigenvalue weighted by Gasteiger charge is 2.34. The number of ether oxygens (including phenoxy) is 1. The minimum Gasteiger partial charge on any atom is -0.465 e. The number of nitriles is 1. The van der Waals surface area contributed by atoms with Crippen LogP contribution in [0, 0.1) is 22.7 Å². The first-order valence-corrected chi connectivity index (χ1v) is 13.5. The van der Waals surface area contributed by atoms with Crippen LogP contribution in [-0.2, 0) is 28.8 Å². The summed E-state index contributed by atoms with van der Waals surface area (Å²) in [6.45, 7) is 8.85. The van der Waals surface area contributed by atoms with Crippen molar-refractivity contribution < 1.29 is 14.3 Å². The summed E-state index contributed by atoms with van der Waals surface area (Å²) in [4.78, 5) is 31.1. The van der Waals surface area contributed by atoms with Crippen LogP contribution in [-0.4, -0.2) is 29.7 Å². The Hall–Kier alpha value is -2.37.